The van der Waals surface area contributed by atoms with Crippen molar-refractivity contribution < 1.29 is 4.39 Å². The summed E-state index contributed by atoms with van der Waals surface area (Å²) < 4.78 is 13.6. The monoisotopic (exact) mass is 266 g/mol. The summed E-state index contributed by atoms with van der Waals surface area (Å²) >= 11 is 0. The lowest BCUT2D eigenvalue weighted by molar-refractivity contribution is 0.268. The van der Waals surface area contributed by atoms with Gasteiger partial charge in [-0.05, 0) is 25.2 Å². The highest BCUT2D eigenvalue weighted by Crippen LogP contribution is 2.29. The third-order valence-electron chi connectivity index (χ3n) is 3.90. The van der Waals surface area contributed by atoms with Gasteiger partial charge in [-0.2, -0.15) is 4.98 Å². The lowest BCUT2D eigenvalue weighted by Gasteiger charge is -2.29. The van der Waals surface area contributed by atoms with E-state index in [1.165, 1.54) is 31.9 Å². The number of nitrogens with one attached hydrogen (secondary N) is 2. The van der Waals surface area contributed by atoms with Crippen LogP contribution in [0.15, 0.2) is 6.20 Å². The van der Waals surface area contributed by atoms with Gasteiger partial charge in [0.25, 0.3) is 0 Å². The molecule has 0 bridgehead atoms. The fraction of sp³-hybridized carbons (Fsp3) is 0.714. The van der Waals surface area contributed by atoms with Crippen molar-refractivity contribution in [1.82, 2.24) is 9.97 Å². The van der Waals surface area contributed by atoms with E-state index in [-0.39, 0.29) is 5.82 Å². The second-order valence-electron chi connectivity index (χ2n) is 5.32. The summed E-state index contributed by atoms with van der Waals surface area (Å²) in [5.41, 5.74) is 0. The molecule has 1 aliphatic carbocycles. The maximum absolute atomic E-state index is 13.6. The van der Waals surface area contributed by atoms with Crippen LogP contribution in [0.1, 0.15) is 39.5 Å². The number of halogens is 1. The van der Waals surface area contributed by atoms with Crippen LogP contribution in [-0.2, 0) is 0 Å². The molecule has 1 heterocycles. The minimum absolute atomic E-state index is 0.309. The molecule has 0 aromatic carbocycles. The second kappa shape index (κ2) is 6.68. The molecule has 2 rings (SSSR count). The molecular formula is C14H23FN4. The van der Waals surface area contributed by atoms with Gasteiger partial charge in [0.05, 0.1) is 6.20 Å². The van der Waals surface area contributed by atoms with Crippen LogP contribution in [0.3, 0.4) is 0 Å². The van der Waals surface area contributed by atoms with Gasteiger partial charge < -0.3 is 10.6 Å². The molecule has 2 atom stereocenters. The van der Waals surface area contributed by atoms with Gasteiger partial charge in [0.15, 0.2) is 11.6 Å². The molecule has 106 valence electrons. The summed E-state index contributed by atoms with van der Waals surface area (Å²) in [7, 11) is 0. The van der Waals surface area contributed by atoms with E-state index in [0.29, 0.717) is 23.6 Å². The van der Waals surface area contributed by atoms with Crippen LogP contribution in [0.5, 0.6) is 0 Å². The maximum atomic E-state index is 13.6. The van der Waals surface area contributed by atoms with Gasteiger partial charge in [-0.1, -0.05) is 26.2 Å². The van der Waals surface area contributed by atoms with Crippen molar-refractivity contribution in [3.8, 4) is 0 Å². The highest BCUT2D eigenvalue weighted by Gasteiger charge is 2.21. The minimum atomic E-state index is -0.384. The van der Waals surface area contributed by atoms with E-state index in [0.717, 1.165) is 13.1 Å². The fourth-order valence-electron chi connectivity index (χ4n) is 2.66. The Morgan fingerprint density at radius 1 is 1.32 bits per heavy atom. The third-order valence-corrected chi connectivity index (χ3v) is 3.90. The first-order chi connectivity index (χ1) is 9.20. The maximum Gasteiger partial charge on any atom is 0.224 e. The molecule has 0 radical (unpaired) electrons. The summed E-state index contributed by atoms with van der Waals surface area (Å²) in [6.45, 7) is 5.76. The van der Waals surface area contributed by atoms with Crippen molar-refractivity contribution >= 4 is 11.8 Å². The van der Waals surface area contributed by atoms with Gasteiger partial charge in [0, 0.05) is 13.1 Å². The van der Waals surface area contributed by atoms with Crippen LogP contribution in [-0.4, -0.2) is 23.1 Å². The Balaban J connectivity index is 1.96. The van der Waals surface area contributed by atoms with Gasteiger partial charge >= 0.3 is 0 Å². The van der Waals surface area contributed by atoms with E-state index >= 15 is 0 Å². The van der Waals surface area contributed by atoms with E-state index in [9.17, 15) is 4.39 Å². The first-order valence-corrected chi connectivity index (χ1v) is 7.21. The smallest absolute Gasteiger partial charge is 0.224 e. The molecule has 0 spiro atoms. The zero-order valence-corrected chi connectivity index (χ0v) is 11.7. The topological polar surface area (TPSA) is 49.8 Å². The third kappa shape index (κ3) is 3.78. The fourth-order valence-corrected chi connectivity index (χ4v) is 2.66. The molecule has 2 N–H and O–H groups in total. The Labute approximate surface area is 114 Å². The van der Waals surface area contributed by atoms with Crippen LogP contribution in [0.4, 0.5) is 16.2 Å². The van der Waals surface area contributed by atoms with Gasteiger partial charge in [-0.3, -0.25) is 0 Å². The molecule has 1 saturated carbocycles. The first kappa shape index (κ1) is 14.0. The Morgan fingerprint density at radius 2 is 2.11 bits per heavy atom. The number of anilines is 2. The zero-order valence-electron chi connectivity index (χ0n) is 11.7. The normalized spacial score (nSPS) is 23.1. The summed E-state index contributed by atoms with van der Waals surface area (Å²) in [6.07, 6.45) is 6.33. The SMILES string of the molecule is CCNc1ncc(F)c(NCC2CCCCC2C)n1. The molecular weight excluding hydrogens is 243 g/mol. The van der Waals surface area contributed by atoms with Crippen LogP contribution in [0, 0.1) is 17.7 Å². The van der Waals surface area contributed by atoms with Crippen LogP contribution >= 0.6 is 0 Å². The number of aromatic nitrogens is 2. The summed E-state index contributed by atoms with van der Waals surface area (Å²) in [5.74, 6) is 1.72. The average Bonchev–Trinajstić information content (AvgIpc) is 2.41. The number of hydrogen-bond acceptors (Lipinski definition) is 4. The lowest BCUT2D eigenvalue weighted by Crippen LogP contribution is -2.25. The van der Waals surface area contributed by atoms with Gasteiger partial charge in [0.2, 0.25) is 5.95 Å². The first-order valence-electron chi connectivity index (χ1n) is 7.21. The van der Waals surface area contributed by atoms with Crippen molar-refractivity contribution in [3.05, 3.63) is 12.0 Å². The highest BCUT2D eigenvalue weighted by molar-refractivity contribution is 5.41. The molecule has 2 unspecified atom stereocenters. The molecule has 19 heavy (non-hydrogen) atoms. The Hall–Kier alpha value is -1.39. The Morgan fingerprint density at radius 3 is 2.84 bits per heavy atom. The Kier molecular flexibility index (Phi) is 4.93. The molecule has 1 aliphatic rings. The predicted octanol–water partition coefficient (Wildman–Crippen LogP) is 3.29. The molecule has 1 fully saturated rings. The van der Waals surface area contributed by atoms with Crippen molar-refractivity contribution in [2.24, 2.45) is 11.8 Å². The van der Waals surface area contributed by atoms with Crippen LogP contribution in [0.2, 0.25) is 0 Å². The molecule has 4 nitrogen and oxygen atoms in total. The zero-order chi connectivity index (χ0) is 13.7. The van der Waals surface area contributed by atoms with Crippen molar-refractivity contribution in [1.29, 1.82) is 0 Å². The van der Waals surface area contributed by atoms with Crippen molar-refractivity contribution in [3.63, 3.8) is 0 Å². The van der Waals surface area contributed by atoms with Crippen LogP contribution in [0.25, 0.3) is 0 Å². The van der Waals surface area contributed by atoms with Gasteiger partial charge in [-0.25, -0.2) is 9.37 Å². The lowest BCUT2D eigenvalue weighted by atomic mass is 9.80. The summed E-state index contributed by atoms with van der Waals surface area (Å²) in [4.78, 5) is 8.06. The quantitative estimate of drug-likeness (QED) is 0.858. The largest absolute Gasteiger partial charge is 0.367 e. The number of hydrogen-bond donors (Lipinski definition) is 2. The predicted molar refractivity (Wildman–Crippen MR) is 75.8 cm³/mol. The molecule has 0 aliphatic heterocycles. The minimum Gasteiger partial charge on any atom is -0.367 e. The summed E-state index contributed by atoms with van der Waals surface area (Å²) in [6, 6.07) is 0. The summed E-state index contributed by atoms with van der Waals surface area (Å²) in [5, 5.41) is 6.14. The van der Waals surface area contributed by atoms with E-state index < -0.39 is 0 Å². The number of nitrogens with zero attached hydrogens (tertiary/aromatic N) is 2. The molecule has 0 saturated heterocycles. The van der Waals surface area contributed by atoms with E-state index in [4.69, 9.17) is 0 Å². The number of rotatable bonds is 5. The second-order valence-corrected chi connectivity index (χ2v) is 5.32. The van der Waals surface area contributed by atoms with E-state index in [1.807, 2.05) is 6.92 Å². The van der Waals surface area contributed by atoms with Gasteiger partial charge in [-0.15, -0.1) is 0 Å². The molecule has 5 heteroatoms. The van der Waals surface area contributed by atoms with Crippen molar-refractivity contribution in [2.45, 2.75) is 39.5 Å². The Bertz CT molecular complexity index is 410. The van der Waals surface area contributed by atoms with Gasteiger partial charge in [0.1, 0.15) is 0 Å². The van der Waals surface area contributed by atoms with E-state index in [1.54, 1.807) is 0 Å². The average molecular weight is 266 g/mol. The van der Waals surface area contributed by atoms with Crippen molar-refractivity contribution in [2.75, 3.05) is 23.7 Å². The van der Waals surface area contributed by atoms with Crippen LogP contribution < -0.4 is 10.6 Å². The molecule has 1 aromatic rings. The molecule has 1 aromatic heterocycles. The molecule has 0 amide bonds. The standard InChI is InChI=1S/C14H23FN4/c1-3-16-14-18-9-12(15)13(19-14)17-8-11-7-5-4-6-10(11)2/h9-11H,3-8H2,1-2H3,(H2,16,17,18,19). The highest BCUT2D eigenvalue weighted by atomic mass is 19.1. The van der Waals surface area contributed by atoms with E-state index in [2.05, 4.69) is 27.5 Å².